The van der Waals surface area contributed by atoms with Gasteiger partial charge in [-0.2, -0.15) is 0 Å². The van der Waals surface area contributed by atoms with E-state index < -0.39 is 0 Å². The molecule has 0 spiro atoms. The highest BCUT2D eigenvalue weighted by atomic mass is 35.5. The second-order valence-electron chi connectivity index (χ2n) is 4.88. The van der Waals surface area contributed by atoms with E-state index in [1.807, 2.05) is 6.92 Å². The van der Waals surface area contributed by atoms with Crippen molar-refractivity contribution in [3.8, 4) is 0 Å². The van der Waals surface area contributed by atoms with Crippen LogP contribution in [0, 0.1) is 11.8 Å². The van der Waals surface area contributed by atoms with Crippen molar-refractivity contribution in [3.63, 3.8) is 0 Å². The molecule has 2 N–H and O–H groups in total. The molecule has 116 valence electrons. The molecule has 0 aromatic rings. The molecule has 19 heavy (non-hydrogen) atoms. The second-order valence-corrected chi connectivity index (χ2v) is 4.88. The van der Waals surface area contributed by atoms with Crippen molar-refractivity contribution in [2.24, 2.45) is 11.8 Å². The molecule has 4 nitrogen and oxygen atoms in total. The van der Waals surface area contributed by atoms with Gasteiger partial charge in [0.1, 0.15) is 0 Å². The van der Waals surface area contributed by atoms with E-state index >= 15 is 0 Å². The maximum absolute atomic E-state index is 11.8. The Hall–Kier alpha value is -0.0300. The number of carbonyl (C=O) groups excluding carboxylic acids is 1. The molecule has 1 amide bonds. The van der Waals surface area contributed by atoms with Crippen molar-refractivity contribution in [1.29, 1.82) is 0 Å². The maximum Gasteiger partial charge on any atom is 0.223 e. The fourth-order valence-corrected chi connectivity index (χ4v) is 2.09. The van der Waals surface area contributed by atoms with Crippen molar-refractivity contribution in [2.45, 2.75) is 27.2 Å². The van der Waals surface area contributed by atoms with Crippen LogP contribution in [-0.4, -0.2) is 50.1 Å². The summed E-state index contributed by atoms with van der Waals surface area (Å²) in [5.41, 5.74) is 0. The summed E-state index contributed by atoms with van der Waals surface area (Å²) in [5.74, 6) is 0.915. The van der Waals surface area contributed by atoms with Gasteiger partial charge in [0, 0.05) is 12.5 Å². The third kappa shape index (κ3) is 7.35. The van der Waals surface area contributed by atoms with E-state index in [1.165, 1.54) is 0 Å². The predicted molar refractivity (Wildman–Crippen MR) is 85.4 cm³/mol. The van der Waals surface area contributed by atoms with Gasteiger partial charge in [0.25, 0.3) is 0 Å². The normalized spacial score (nSPS) is 16.0. The topological polar surface area (TPSA) is 44.4 Å². The molecular formula is C13H29Cl2N3O. The average molecular weight is 314 g/mol. The maximum atomic E-state index is 11.8. The van der Waals surface area contributed by atoms with Gasteiger partial charge in [-0.05, 0) is 45.1 Å². The quantitative estimate of drug-likeness (QED) is 0.668. The molecule has 0 aromatic heterocycles. The number of hydrogen-bond acceptors (Lipinski definition) is 3. The molecule has 1 atom stereocenters. The summed E-state index contributed by atoms with van der Waals surface area (Å²) < 4.78 is 0. The van der Waals surface area contributed by atoms with E-state index in [2.05, 4.69) is 29.4 Å². The van der Waals surface area contributed by atoms with Gasteiger partial charge in [-0.25, -0.2) is 0 Å². The van der Waals surface area contributed by atoms with E-state index in [9.17, 15) is 4.79 Å². The van der Waals surface area contributed by atoms with Crippen LogP contribution in [0.4, 0.5) is 0 Å². The Kier molecular flexibility index (Phi) is 13.2. The molecule has 0 aliphatic carbocycles. The van der Waals surface area contributed by atoms with Crippen molar-refractivity contribution in [3.05, 3.63) is 0 Å². The Morgan fingerprint density at radius 2 is 1.89 bits per heavy atom. The standard InChI is InChI=1S/C13H27N3O.2ClH/c1-4-16(5-2)8-6-7-15-13(17)11(3)12-9-14-10-12;;/h11-12,14H,4-10H2,1-3H3,(H,15,17);2*1H. The molecule has 1 saturated heterocycles. The zero-order chi connectivity index (χ0) is 12.7. The van der Waals surface area contributed by atoms with Crippen LogP contribution < -0.4 is 10.6 Å². The number of rotatable bonds is 8. The fraction of sp³-hybridized carbons (Fsp3) is 0.923. The molecule has 1 fully saturated rings. The molecule has 1 aliphatic heterocycles. The van der Waals surface area contributed by atoms with Crippen molar-refractivity contribution in [2.75, 3.05) is 39.3 Å². The fourth-order valence-electron chi connectivity index (χ4n) is 2.09. The van der Waals surface area contributed by atoms with Gasteiger partial charge in [0.2, 0.25) is 5.91 Å². The third-order valence-corrected chi connectivity index (χ3v) is 3.78. The summed E-state index contributed by atoms with van der Waals surface area (Å²) in [6.45, 7) is 12.4. The first-order valence-electron chi connectivity index (χ1n) is 6.89. The Bertz CT molecular complexity index is 234. The van der Waals surface area contributed by atoms with E-state index in [4.69, 9.17) is 0 Å². The summed E-state index contributed by atoms with van der Waals surface area (Å²) in [4.78, 5) is 14.2. The first kappa shape index (κ1) is 21.3. The number of halogens is 2. The van der Waals surface area contributed by atoms with Gasteiger partial charge in [-0.15, -0.1) is 24.8 Å². The van der Waals surface area contributed by atoms with Crippen LogP contribution in [0.2, 0.25) is 0 Å². The van der Waals surface area contributed by atoms with E-state index in [0.29, 0.717) is 5.92 Å². The highest BCUT2D eigenvalue weighted by molar-refractivity contribution is 5.85. The first-order valence-corrected chi connectivity index (χ1v) is 6.89. The van der Waals surface area contributed by atoms with E-state index in [0.717, 1.165) is 45.7 Å². The average Bonchev–Trinajstić information content (AvgIpc) is 2.26. The number of nitrogens with one attached hydrogen (secondary N) is 2. The molecule has 1 aliphatic rings. The summed E-state index contributed by atoms with van der Waals surface area (Å²) in [5, 5.41) is 6.25. The summed E-state index contributed by atoms with van der Waals surface area (Å²) in [7, 11) is 0. The Morgan fingerprint density at radius 1 is 1.32 bits per heavy atom. The van der Waals surface area contributed by atoms with Crippen LogP contribution in [0.5, 0.6) is 0 Å². The lowest BCUT2D eigenvalue weighted by molar-refractivity contribution is -0.126. The van der Waals surface area contributed by atoms with Crippen LogP contribution in [-0.2, 0) is 4.79 Å². The monoisotopic (exact) mass is 313 g/mol. The number of carbonyl (C=O) groups is 1. The molecule has 1 unspecified atom stereocenters. The Balaban J connectivity index is 0. The molecule has 0 saturated carbocycles. The lowest BCUT2D eigenvalue weighted by Crippen LogP contribution is -2.49. The SMILES string of the molecule is CCN(CC)CCCNC(=O)C(C)C1CNC1.Cl.Cl. The van der Waals surface area contributed by atoms with Crippen LogP contribution in [0.1, 0.15) is 27.2 Å². The smallest absolute Gasteiger partial charge is 0.223 e. The van der Waals surface area contributed by atoms with Crippen LogP contribution in [0.25, 0.3) is 0 Å². The van der Waals surface area contributed by atoms with Gasteiger partial charge in [-0.3, -0.25) is 4.79 Å². The highest BCUT2D eigenvalue weighted by Crippen LogP contribution is 2.15. The molecule has 6 heteroatoms. The van der Waals surface area contributed by atoms with Crippen LogP contribution >= 0.6 is 24.8 Å². The van der Waals surface area contributed by atoms with Gasteiger partial charge >= 0.3 is 0 Å². The molecule has 0 radical (unpaired) electrons. The Labute approximate surface area is 129 Å². The molecule has 0 bridgehead atoms. The zero-order valence-corrected chi connectivity index (χ0v) is 13.9. The highest BCUT2D eigenvalue weighted by Gasteiger charge is 2.28. The van der Waals surface area contributed by atoms with Gasteiger partial charge in [0.05, 0.1) is 0 Å². The van der Waals surface area contributed by atoms with Crippen molar-refractivity contribution in [1.82, 2.24) is 15.5 Å². The molecular weight excluding hydrogens is 285 g/mol. The molecule has 1 heterocycles. The van der Waals surface area contributed by atoms with Crippen LogP contribution in [0.3, 0.4) is 0 Å². The zero-order valence-electron chi connectivity index (χ0n) is 12.3. The minimum Gasteiger partial charge on any atom is -0.356 e. The third-order valence-electron chi connectivity index (χ3n) is 3.78. The lowest BCUT2D eigenvalue weighted by atomic mass is 9.88. The van der Waals surface area contributed by atoms with Gasteiger partial charge in [-0.1, -0.05) is 20.8 Å². The van der Waals surface area contributed by atoms with Crippen molar-refractivity contribution < 1.29 is 4.79 Å². The summed E-state index contributed by atoms with van der Waals surface area (Å²) in [6.07, 6.45) is 1.04. The summed E-state index contributed by atoms with van der Waals surface area (Å²) >= 11 is 0. The second kappa shape index (κ2) is 11.8. The van der Waals surface area contributed by atoms with E-state index in [-0.39, 0.29) is 36.6 Å². The number of hydrogen-bond donors (Lipinski definition) is 2. The van der Waals surface area contributed by atoms with E-state index in [1.54, 1.807) is 0 Å². The number of amides is 1. The minimum atomic E-state index is 0. The van der Waals surface area contributed by atoms with Gasteiger partial charge in [0.15, 0.2) is 0 Å². The number of nitrogens with zero attached hydrogens (tertiary/aromatic N) is 1. The molecule has 0 aromatic carbocycles. The molecule has 1 rings (SSSR count). The van der Waals surface area contributed by atoms with Crippen molar-refractivity contribution >= 4 is 30.7 Å². The Morgan fingerprint density at radius 3 is 2.32 bits per heavy atom. The first-order chi connectivity index (χ1) is 8.19. The minimum absolute atomic E-state index is 0. The largest absolute Gasteiger partial charge is 0.356 e. The van der Waals surface area contributed by atoms with Crippen LogP contribution in [0.15, 0.2) is 0 Å². The lowest BCUT2D eigenvalue weighted by Gasteiger charge is -2.31. The summed E-state index contributed by atoms with van der Waals surface area (Å²) in [6, 6.07) is 0. The van der Waals surface area contributed by atoms with Gasteiger partial charge < -0.3 is 15.5 Å². The predicted octanol–water partition coefficient (Wildman–Crippen LogP) is 1.53.